The smallest absolute Gasteiger partial charge is 0.191 e. The average molecular weight is 270 g/mol. The SMILES string of the molecule is CC(C)(C)[Si](C)(C)OCCc1csc(C=O)c1. The van der Waals surface area contributed by atoms with E-state index in [1.54, 1.807) is 0 Å². The van der Waals surface area contributed by atoms with Crippen molar-refractivity contribution in [2.45, 2.75) is 45.3 Å². The quantitative estimate of drug-likeness (QED) is 0.594. The summed E-state index contributed by atoms with van der Waals surface area (Å²) in [6.45, 7) is 12.0. The topological polar surface area (TPSA) is 26.3 Å². The summed E-state index contributed by atoms with van der Waals surface area (Å²) in [4.78, 5) is 11.4. The molecule has 0 N–H and O–H groups in total. The number of carbonyl (C=O) groups excluding carboxylic acids is 1. The second-order valence-corrected chi connectivity index (χ2v) is 11.6. The fraction of sp³-hybridized carbons (Fsp3) is 0.615. The van der Waals surface area contributed by atoms with Crippen LogP contribution in [0.5, 0.6) is 0 Å². The van der Waals surface area contributed by atoms with E-state index >= 15 is 0 Å². The van der Waals surface area contributed by atoms with Crippen molar-refractivity contribution < 1.29 is 9.22 Å². The summed E-state index contributed by atoms with van der Waals surface area (Å²) in [5.41, 5.74) is 1.20. The lowest BCUT2D eigenvalue weighted by Gasteiger charge is -2.36. The molecule has 4 heteroatoms. The first-order valence-corrected chi connectivity index (χ1v) is 9.71. The van der Waals surface area contributed by atoms with Crippen LogP contribution in [0.1, 0.15) is 36.0 Å². The van der Waals surface area contributed by atoms with Crippen LogP contribution in [0.3, 0.4) is 0 Å². The summed E-state index contributed by atoms with van der Waals surface area (Å²) >= 11 is 1.50. The van der Waals surface area contributed by atoms with E-state index in [0.717, 1.165) is 24.2 Å². The highest BCUT2D eigenvalue weighted by Crippen LogP contribution is 2.36. The van der Waals surface area contributed by atoms with Gasteiger partial charge in [-0.3, -0.25) is 4.79 Å². The Kier molecular flexibility index (Phi) is 4.69. The van der Waals surface area contributed by atoms with Gasteiger partial charge in [0.15, 0.2) is 14.6 Å². The summed E-state index contributed by atoms with van der Waals surface area (Å²) in [6.07, 6.45) is 1.81. The number of rotatable bonds is 5. The molecule has 96 valence electrons. The number of hydrogen-bond donors (Lipinski definition) is 0. The summed E-state index contributed by atoms with van der Waals surface area (Å²) in [5, 5.41) is 2.30. The minimum atomic E-state index is -1.63. The summed E-state index contributed by atoms with van der Waals surface area (Å²) in [7, 11) is -1.63. The lowest BCUT2D eigenvalue weighted by Crippen LogP contribution is -2.41. The van der Waals surface area contributed by atoms with E-state index in [9.17, 15) is 4.79 Å². The monoisotopic (exact) mass is 270 g/mol. The van der Waals surface area contributed by atoms with Crippen LogP contribution < -0.4 is 0 Å². The predicted octanol–water partition coefficient (Wildman–Crippen LogP) is 4.12. The molecular weight excluding hydrogens is 248 g/mol. The third-order valence-electron chi connectivity index (χ3n) is 3.45. The first-order chi connectivity index (χ1) is 7.76. The van der Waals surface area contributed by atoms with Crippen molar-refractivity contribution in [2.75, 3.05) is 6.61 Å². The molecule has 1 rings (SSSR count). The summed E-state index contributed by atoms with van der Waals surface area (Å²) in [6, 6.07) is 1.95. The van der Waals surface area contributed by atoms with Crippen molar-refractivity contribution in [1.82, 2.24) is 0 Å². The van der Waals surface area contributed by atoms with E-state index in [4.69, 9.17) is 4.43 Å². The fourth-order valence-corrected chi connectivity index (χ4v) is 3.02. The molecule has 0 spiro atoms. The van der Waals surface area contributed by atoms with Gasteiger partial charge in [0, 0.05) is 6.61 Å². The van der Waals surface area contributed by atoms with Crippen LogP contribution in [0.15, 0.2) is 11.4 Å². The van der Waals surface area contributed by atoms with E-state index < -0.39 is 8.32 Å². The normalized spacial score (nSPS) is 12.8. The Morgan fingerprint density at radius 1 is 1.41 bits per heavy atom. The van der Waals surface area contributed by atoms with Crippen LogP contribution in [-0.2, 0) is 10.8 Å². The van der Waals surface area contributed by atoms with Crippen LogP contribution in [0.4, 0.5) is 0 Å². The van der Waals surface area contributed by atoms with Gasteiger partial charge >= 0.3 is 0 Å². The largest absolute Gasteiger partial charge is 0.416 e. The second-order valence-electron chi connectivity index (χ2n) is 5.83. The molecule has 0 saturated heterocycles. The minimum absolute atomic E-state index is 0.260. The lowest BCUT2D eigenvalue weighted by molar-refractivity contribution is 0.112. The van der Waals surface area contributed by atoms with Crippen LogP contribution in [0.25, 0.3) is 0 Å². The van der Waals surface area contributed by atoms with Gasteiger partial charge in [-0.05, 0) is 41.6 Å². The Hall–Kier alpha value is -0.453. The third-order valence-corrected chi connectivity index (χ3v) is 8.90. The highest BCUT2D eigenvalue weighted by atomic mass is 32.1. The highest BCUT2D eigenvalue weighted by molar-refractivity contribution is 7.11. The average Bonchev–Trinajstić information content (AvgIpc) is 2.63. The van der Waals surface area contributed by atoms with Crippen molar-refractivity contribution >= 4 is 25.9 Å². The van der Waals surface area contributed by atoms with Crippen LogP contribution in [0.2, 0.25) is 18.1 Å². The maximum Gasteiger partial charge on any atom is 0.191 e. The molecule has 0 aromatic carbocycles. The maximum absolute atomic E-state index is 10.6. The minimum Gasteiger partial charge on any atom is -0.416 e. The maximum atomic E-state index is 10.6. The van der Waals surface area contributed by atoms with Crippen LogP contribution in [0, 0.1) is 0 Å². The van der Waals surface area contributed by atoms with Crippen molar-refractivity contribution in [3.05, 3.63) is 21.9 Å². The zero-order valence-corrected chi connectivity index (χ0v) is 13.2. The number of aldehydes is 1. The zero-order valence-electron chi connectivity index (χ0n) is 11.4. The molecule has 0 aliphatic heterocycles. The molecule has 0 bridgehead atoms. The Balaban J connectivity index is 2.45. The molecule has 2 nitrogen and oxygen atoms in total. The van der Waals surface area contributed by atoms with Crippen molar-refractivity contribution in [2.24, 2.45) is 0 Å². The molecule has 1 heterocycles. The molecule has 0 unspecified atom stereocenters. The standard InChI is InChI=1S/C13H22O2SSi/c1-13(2,3)17(4,5)15-7-6-11-8-12(9-14)16-10-11/h8-10H,6-7H2,1-5H3. The molecule has 0 atom stereocenters. The molecule has 0 saturated carbocycles. The molecule has 0 fully saturated rings. The van der Waals surface area contributed by atoms with Crippen LogP contribution in [-0.4, -0.2) is 21.2 Å². The van der Waals surface area contributed by atoms with Gasteiger partial charge in [-0.2, -0.15) is 0 Å². The van der Waals surface area contributed by atoms with Gasteiger partial charge in [-0.15, -0.1) is 11.3 Å². The first kappa shape index (κ1) is 14.6. The summed E-state index contributed by atoms with van der Waals surface area (Å²) < 4.78 is 6.10. The van der Waals surface area contributed by atoms with Gasteiger partial charge in [0.1, 0.15) is 0 Å². The summed E-state index contributed by atoms with van der Waals surface area (Å²) in [5.74, 6) is 0. The first-order valence-electron chi connectivity index (χ1n) is 5.93. The Morgan fingerprint density at radius 2 is 2.06 bits per heavy atom. The van der Waals surface area contributed by atoms with Gasteiger partial charge in [-0.1, -0.05) is 20.8 Å². The molecular formula is C13H22O2SSi. The Bertz CT molecular complexity index is 377. The van der Waals surface area contributed by atoms with E-state index in [0.29, 0.717) is 0 Å². The molecule has 1 aromatic rings. The van der Waals surface area contributed by atoms with E-state index in [2.05, 4.69) is 33.9 Å². The van der Waals surface area contributed by atoms with Crippen molar-refractivity contribution in [3.63, 3.8) is 0 Å². The lowest BCUT2D eigenvalue weighted by atomic mass is 10.2. The van der Waals surface area contributed by atoms with Crippen molar-refractivity contribution in [3.8, 4) is 0 Å². The third kappa shape index (κ3) is 4.05. The van der Waals surface area contributed by atoms with Gasteiger partial charge < -0.3 is 4.43 Å². The van der Waals surface area contributed by atoms with Crippen molar-refractivity contribution in [1.29, 1.82) is 0 Å². The van der Waals surface area contributed by atoms with Gasteiger partial charge in [0.2, 0.25) is 0 Å². The Morgan fingerprint density at radius 3 is 2.53 bits per heavy atom. The number of carbonyl (C=O) groups is 1. The predicted molar refractivity (Wildman–Crippen MR) is 76.6 cm³/mol. The van der Waals surface area contributed by atoms with E-state index in [1.807, 2.05) is 11.4 Å². The van der Waals surface area contributed by atoms with Crippen LogP contribution >= 0.6 is 11.3 Å². The van der Waals surface area contributed by atoms with E-state index in [1.165, 1.54) is 16.9 Å². The van der Waals surface area contributed by atoms with E-state index in [-0.39, 0.29) is 5.04 Å². The van der Waals surface area contributed by atoms with Gasteiger partial charge in [0.05, 0.1) is 4.88 Å². The highest BCUT2D eigenvalue weighted by Gasteiger charge is 2.36. The number of hydrogen-bond acceptors (Lipinski definition) is 3. The molecule has 0 aliphatic carbocycles. The molecule has 1 aromatic heterocycles. The number of thiophene rings is 1. The molecule has 0 aliphatic rings. The Labute approximate surface area is 109 Å². The second kappa shape index (κ2) is 5.46. The molecule has 17 heavy (non-hydrogen) atoms. The fourth-order valence-electron chi connectivity index (χ4n) is 1.23. The van der Waals surface area contributed by atoms with Gasteiger partial charge in [-0.25, -0.2) is 0 Å². The molecule has 0 radical (unpaired) electrons. The van der Waals surface area contributed by atoms with Gasteiger partial charge in [0.25, 0.3) is 0 Å². The zero-order chi connectivity index (χ0) is 13.1. The molecule has 0 amide bonds.